The highest BCUT2D eigenvalue weighted by molar-refractivity contribution is 7.89. The maximum atomic E-state index is 12.0. The Labute approximate surface area is 80.9 Å². The number of benzene rings is 1. The van der Waals surface area contributed by atoms with Crippen LogP contribution in [-0.2, 0) is 10.2 Å². The third-order valence-electron chi connectivity index (χ3n) is 1.27. The van der Waals surface area contributed by atoms with Crippen LogP contribution >= 0.6 is 11.6 Å². The van der Waals surface area contributed by atoms with Crippen molar-refractivity contribution >= 4 is 27.9 Å². The van der Waals surface area contributed by atoms with E-state index in [1.807, 2.05) is 0 Å². The van der Waals surface area contributed by atoms with E-state index < -0.39 is 10.2 Å². The van der Waals surface area contributed by atoms with E-state index in [4.69, 9.17) is 11.6 Å². The minimum Gasteiger partial charge on any atom is -0.190 e. The van der Waals surface area contributed by atoms with Gasteiger partial charge in [0.25, 0.3) is 0 Å². The minimum absolute atomic E-state index is 0.471. The van der Waals surface area contributed by atoms with Gasteiger partial charge in [-0.3, -0.25) is 0 Å². The molecule has 0 atom stereocenters. The van der Waals surface area contributed by atoms with E-state index in [0.29, 0.717) is 16.0 Å². The Kier molecular flexibility index (Phi) is 3.06. The summed E-state index contributed by atoms with van der Waals surface area (Å²) in [6.45, 7) is 0. The van der Waals surface area contributed by atoms with Crippen LogP contribution < -0.4 is 0 Å². The van der Waals surface area contributed by atoms with Crippen LogP contribution in [0.2, 0.25) is 5.02 Å². The largest absolute Gasteiger partial charge is 0.325 e. The first kappa shape index (κ1) is 10.2. The van der Waals surface area contributed by atoms with Gasteiger partial charge in [-0.15, -0.1) is 3.89 Å². The Balaban J connectivity index is 2.93. The fourth-order valence-corrected chi connectivity index (χ4v) is 1.29. The lowest BCUT2D eigenvalue weighted by Crippen LogP contribution is -1.81. The summed E-state index contributed by atoms with van der Waals surface area (Å²) < 4.78 is 32.2. The maximum absolute atomic E-state index is 12.0. The molecule has 0 radical (unpaired) electrons. The first-order valence-corrected chi connectivity index (χ1v) is 5.18. The van der Waals surface area contributed by atoms with Crippen LogP contribution in [0.1, 0.15) is 5.56 Å². The van der Waals surface area contributed by atoms with E-state index in [1.165, 1.54) is 6.07 Å². The molecular weight excluding hydrogens is 215 g/mol. The Morgan fingerprint density at radius 2 is 2.08 bits per heavy atom. The molecule has 70 valence electrons. The van der Waals surface area contributed by atoms with Gasteiger partial charge >= 0.3 is 10.2 Å². The van der Waals surface area contributed by atoms with Crippen LogP contribution in [0.15, 0.2) is 29.7 Å². The van der Waals surface area contributed by atoms with E-state index in [1.54, 1.807) is 18.2 Å². The molecule has 1 aromatic carbocycles. The number of rotatable bonds is 2. The van der Waals surface area contributed by atoms with E-state index in [-0.39, 0.29) is 0 Å². The lowest BCUT2D eigenvalue weighted by atomic mass is 10.2. The van der Waals surface area contributed by atoms with Crippen molar-refractivity contribution in [1.82, 2.24) is 0 Å². The third kappa shape index (κ3) is 4.05. The van der Waals surface area contributed by atoms with Gasteiger partial charge in [0.2, 0.25) is 0 Å². The van der Waals surface area contributed by atoms with Gasteiger partial charge in [0.05, 0.1) is 5.41 Å². The molecule has 0 aliphatic rings. The number of halogens is 2. The Hall–Kier alpha value is -0.870. The van der Waals surface area contributed by atoms with E-state index in [0.717, 1.165) is 6.08 Å². The molecule has 0 fully saturated rings. The highest BCUT2D eigenvalue weighted by Gasteiger charge is 1.98. The zero-order valence-electron chi connectivity index (χ0n) is 6.44. The summed E-state index contributed by atoms with van der Waals surface area (Å²) in [6, 6.07) is 6.44. The molecule has 0 N–H and O–H groups in total. The molecule has 0 saturated carbocycles. The van der Waals surface area contributed by atoms with Crippen molar-refractivity contribution in [2.75, 3.05) is 0 Å². The molecule has 2 nitrogen and oxygen atoms in total. The predicted molar refractivity (Wildman–Crippen MR) is 50.5 cm³/mol. The quantitative estimate of drug-likeness (QED) is 0.718. The van der Waals surface area contributed by atoms with E-state index in [9.17, 15) is 12.3 Å². The Bertz CT molecular complexity index is 426. The second kappa shape index (κ2) is 3.89. The fourth-order valence-electron chi connectivity index (χ4n) is 0.770. The van der Waals surface area contributed by atoms with Gasteiger partial charge in [-0.25, -0.2) is 0 Å². The van der Waals surface area contributed by atoms with Crippen molar-refractivity contribution in [3.8, 4) is 0 Å². The van der Waals surface area contributed by atoms with Crippen molar-refractivity contribution < 1.29 is 12.3 Å². The van der Waals surface area contributed by atoms with Gasteiger partial charge in [0, 0.05) is 5.02 Å². The molecule has 0 amide bonds. The number of hydrogen-bond acceptors (Lipinski definition) is 2. The van der Waals surface area contributed by atoms with Crippen molar-refractivity contribution in [3.05, 3.63) is 40.3 Å². The molecule has 0 heterocycles. The zero-order chi connectivity index (χ0) is 9.90. The zero-order valence-corrected chi connectivity index (χ0v) is 8.02. The molecule has 1 aromatic rings. The number of hydrogen-bond donors (Lipinski definition) is 0. The average molecular weight is 221 g/mol. The highest BCUT2D eigenvalue weighted by atomic mass is 35.5. The second-order valence-corrected chi connectivity index (χ2v) is 3.99. The van der Waals surface area contributed by atoms with Crippen LogP contribution in [0.4, 0.5) is 3.89 Å². The van der Waals surface area contributed by atoms with Crippen LogP contribution in [0.25, 0.3) is 6.08 Å². The molecule has 0 aliphatic carbocycles. The minimum atomic E-state index is -4.56. The van der Waals surface area contributed by atoms with Crippen molar-refractivity contribution in [3.63, 3.8) is 0 Å². The first-order valence-electron chi connectivity index (χ1n) is 3.36. The summed E-state index contributed by atoms with van der Waals surface area (Å²) in [4.78, 5) is 0. The van der Waals surface area contributed by atoms with Crippen LogP contribution in [0.3, 0.4) is 0 Å². The van der Waals surface area contributed by atoms with Gasteiger partial charge in [-0.1, -0.05) is 23.7 Å². The normalized spacial score (nSPS) is 12.2. The predicted octanol–water partition coefficient (Wildman–Crippen LogP) is 2.61. The monoisotopic (exact) mass is 220 g/mol. The summed E-state index contributed by atoms with van der Waals surface area (Å²) in [7, 11) is -4.56. The van der Waals surface area contributed by atoms with Gasteiger partial charge in [-0.2, -0.15) is 8.42 Å². The van der Waals surface area contributed by atoms with E-state index >= 15 is 0 Å². The second-order valence-electron chi connectivity index (χ2n) is 2.33. The first-order chi connectivity index (χ1) is 5.97. The molecule has 0 bridgehead atoms. The Morgan fingerprint density at radius 1 is 1.38 bits per heavy atom. The fraction of sp³-hybridized carbons (Fsp3) is 0. The standard InChI is InChI=1S/C8H6ClFO2S/c9-8-3-1-2-7(6-8)4-5-13(10,11)12/h1-6H/b5-4+. The molecule has 0 saturated heterocycles. The summed E-state index contributed by atoms with van der Waals surface area (Å²) in [5.74, 6) is 0. The van der Waals surface area contributed by atoms with Crippen LogP contribution in [0, 0.1) is 0 Å². The summed E-state index contributed by atoms with van der Waals surface area (Å²) >= 11 is 5.62. The topological polar surface area (TPSA) is 34.1 Å². The SMILES string of the molecule is O=S(=O)(F)/C=C/c1cccc(Cl)c1. The van der Waals surface area contributed by atoms with Gasteiger partial charge in [0.1, 0.15) is 0 Å². The van der Waals surface area contributed by atoms with E-state index in [2.05, 4.69) is 0 Å². The average Bonchev–Trinajstić information content (AvgIpc) is 2.00. The van der Waals surface area contributed by atoms with Crippen molar-refractivity contribution in [2.45, 2.75) is 0 Å². The van der Waals surface area contributed by atoms with Crippen LogP contribution in [-0.4, -0.2) is 8.42 Å². The molecule has 5 heteroatoms. The molecule has 0 aromatic heterocycles. The van der Waals surface area contributed by atoms with Gasteiger partial charge in [-0.05, 0) is 23.8 Å². The summed E-state index contributed by atoms with van der Waals surface area (Å²) in [5, 5.41) is 0.956. The molecular formula is C8H6ClFO2S. The smallest absolute Gasteiger partial charge is 0.190 e. The van der Waals surface area contributed by atoms with Gasteiger partial charge in [0.15, 0.2) is 0 Å². The molecule has 13 heavy (non-hydrogen) atoms. The van der Waals surface area contributed by atoms with Gasteiger partial charge < -0.3 is 0 Å². The van der Waals surface area contributed by atoms with Crippen molar-refractivity contribution in [2.24, 2.45) is 0 Å². The lowest BCUT2D eigenvalue weighted by Gasteiger charge is -1.92. The van der Waals surface area contributed by atoms with Crippen molar-refractivity contribution in [1.29, 1.82) is 0 Å². The summed E-state index contributed by atoms with van der Waals surface area (Å²) in [5.41, 5.74) is 0.536. The summed E-state index contributed by atoms with van der Waals surface area (Å²) in [6.07, 6.45) is 1.14. The molecule has 0 unspecified atom stereocenters. The molecule has 0 aliphatic heterocycles. The Morgan fingerprint density at radius 3 is 2.62 bits per heavy atom. The third-order valence-corrected chi connectivity index (χ3v) is 1.97. The molecule has 0 spiro atoms. The highest BCUT2D eigenvalue weighted by Crippen LogP contribution is 2.12. The molecule has 1 rings (SSSR count). The lowest BCUT2D eigenvalue weighted by molar-refractivity contribution is 0.563. The van der Waals surface area contributed by atoms with Crippen LogP contribution in [0.5, 0.6) is 0 Å². The maximum Gasteiger partial charge on any atom is 0.325 e.